The molecule has 2 heterocycles. The molecule has 3 rings (SSSR count). The first kappa shape index (κ1) is 16.2. The van der Waals surface area contributed by atoms with E-state index in [-0.39, 0.29) is 12.1 Å². The molecule has 23 heavy (non-hydrogen) atoms. The predicted octanol–water partition coefficient (Wildman–Crippen LogP) is 3.59. The van der Waals surface area contributed by atoms with Crippen LogP contribution in [-0.4, -0.2) is 44.2 Å². The summed E-state index contributed by atoms with van der Waals surface area (Å²) >= 11 is 3.55. The third-order valence-electron chi connectivity index (χ3n) is 3.87. The van der Waals surface area contributed by atoms with Gasteiger partial charge in [0.15, 0.2) is 0 Å². The summed E-state index contributed by atoms with van der Waals surface area (Å²) < 4.78 is 8.34. The first-order chi connectivity index (χ1) is 10.8. The standard InChI is InChI=1S/C16H21BrN4O2/c1-16(2,3)23-15(22)20-9-5-6-11(20)10-21-14-12(17)7-4-8-13(14)18-19-21/h4,7-8,11H,5-6,9-10H2,1-3H3. The smallest absolute Gasteiger partial charge is 0.410 e. The van der Waals surface area contributed by atoms with Crippen LogP contribution >= 0.6 is 15.9 Å². The molecule has 6 nitrogen and oxygen atoms in total. The Labute approximate surface area is 143 Å². The number of hydrogen-bond donors (Lipinski definition) is 0. The largest absolute Gasteiger partial charge is 0.444 e. The highest BCUT2D eigenvalue weighted by molar-refractivity contribution is 9.10. The minimum atomic E-state index is -0.479. The van der Waals surface area contributed by atoms with Gasteiger partial charge in [0.1, 0.15) is 16.6 Å². The second-order valence-corrected chi connectivity index (χ2v) is 7.70. The Hall–Kier alpha value is -1.63. The van der Waals surface area contributed by atoms with Crippen LogP contribution in [0.15, 0.2) is 22.7 Å². The lowest BCUT2D eigenvalue weighted by Gasteiger charge is -2.28. The van der Waals surface area contributed by atoms with Crippen LogP contribution in [0.3, 0.4) is 0 Å². The van der Waals surface area contributed by atoms with E-state index in [1.54, 1.807) is 0 Å². The number of carbonyl (C=O) groups is 1. The fraction of sp³-hybridized carbons (Fsp3) is 0.562. The molecule has 1 aliphatic heterocycles. The highest BCUT2D eigenvalue weighted by Crippen LogP contribution is 2.26. The monoisotopic (exact) mass is 380 g/mol. The maximum absolute atomic E-state index is 12.4. The number of fused-ring (bicyclic) bond motifs is 1. The lowest BCUT2D eigenvalue weighted by atomic mass is 10.2. The van der Waals surface area contributed by atoms with Gasteiger partial charge in [-0.25, -0.2) is 9.48 Å². The molecule has 124 valence electrons. The van der Waals surface area contributed by atoms with Crippen LogP contribution in [0.5, 0.6) is 0 Å². The molecular weight excluding hydrogens is 360 g/mol. The summed E-state index contributed by atoms with van der Waals surface area (Å²) in [6.07, 6.45) is 1.69. The molecule has 0 bridgehead atoms. The van der Waals surface area contributed by atoms with E-state index < -0.39 is 5.60 Å². The highest BCUT2D eigenvalue weighted by atomic mass is 79.9. The average Bonchev–Trinajstić information content (AvgIpc) is 3.05. The molecule has 1 amide bonds. The van der Waals surface area contributed by atoms with Gasteiger partial charge < -0.3 is 9.64 Å². The van der Waals surface area contributed by atoms with E-state index in [2.05, 4.69) is 26.2 Å². The summed E-state index contributed by atoms with van der Waals surface area (Å²) in [5.74, 6) is 0. The SMILES string of the molecule is CC(C)(C)OC(=O)N1CCCC1Cn1nnc2cccc(Br)c21. The van der Waals surface area contributed by atoms with Gasteiger partial charge in [-0.15, -0.1) is 5.10 Å². The molecule has 7 heteroatoms. The van der Waals surface area contributed by atoms with Gasteiger partial charge in [-0.3, -0.25) is 0 Å². The zero-order valence-corrected chi connectivity index (χ0v) is 15.2. The van der Waals surface area contributed by atoms with E-state index in [0.717, 1.165) is 34.9 Å². The van der Waals surface area contributed by atoms with E-state index in [0.29, 0.717) is 6.54 Å². The summed E-state index contributed by atoms with van der Waals surface area (Å²) in [6.45, 7) is 7.01. The number of carbonyl (C=O) groups excluding carboxylic acids is 1. The molecule has 0 aliphatic carbocycles. The van der Waals surface area contributed by atoms with Crippen molar-refractivity contribution in [3.63, 3.8) is 0 Å². The van der Waals surface area contributed by atoms with Crippen molar-refractivity contribution in [2.24, 2.45) is 0 Å². The molecule has 1 aromatic heterocycles. The number of rotatable bonds is 2. The number of amides is 1. The number of nitrogens with zero attached hydrogens (tertiary/aromatic N) is 4. The molecule has 1 fully saturated rings. The Morgan fingerprint density at radius 2 is 2.22 bits per heavy atom. The van der Waals surface area contributed by atoms with Gasteiger partial charge in [0, 0.05) is 11.0 Å². The summed E-state index contributed by atoms with van der Waals surface area (Å²) in [5.41, 5.74) is 1.33. The first-order valence-corrected chi connectivity index (χ1v) is 8.62. The number of ether oxygens (including phenoxy) is 1. The summed E-state index contributed by atoms with van der Waals surface area (Å²) in [5, 5.41) is 8.45. The Bertz CT molecular complexity index is 722. The van der Waals surface area contributed by atoms with Crippen molar-refractivity contribution in [1.29, 1.82) is 0 Å². The molecule has 2 aromatic rings. The van der Waals surface area contributed by atoms with Crippen LogP contribution < -0.4 is 0 Å². The Morgan fingerprint density at radius 1 is 1.43 bits per heavy atom. The van der Waals surface area contributed by atoms with Crippen LogP contribution in [0.25, 0.3) is 11.0 Å². The zero-order valence-electron chi connectivity index (χ0n) is 13.6. The lowest BCUT2D eigenvalue weighted by Crippen LogP contribution is -2.41. The number of halogens is 1. The summed E-state index contributed by atoms with van der Waals surface area (Å²) in [6, 6.07) is 5.93. The molecule has 1 aromatic carbocycles. The van der Waals surface area contributed by atoms with Gasteiger partial charge in [-0.2, -0.15) is 0 Å². The fourth-order valence-electron chi connectivity index (χ4n) is 2.90. The van der Waals surface area contributed by atoms with Gasteiger partial charge in [0.05, 0.1) is 12.6 Å². The Kier molecular flexibility index (Phi) is 4.31. The molecule has 1 atom stereocenters. The molecule has 1 unspecified atom stereocenters. The number of para-hydroxylation sites is 1. The Balaban J connectivity index is 1.79. The maximum Gasteiger partial charge on any atom is 0.410 e. The van der Waals surface area contributed by atoms with Crippen LogP contribution in [0.4, 0.5) is 4.79 Å². The molecule has 1 saturated heterocycles. The van der Waals surface area contributed by atoms with Gasteiger partial charge in [0.2, 0.25) is 0 Å². The van der Waals surface area contributed by atoms with E-state index in [4.69, 9.17) is 4.74 Å². The minimum Gasteiger partial charge on any atom is -0.444 e. The number of benzene rings is 1. The van der Waals surface area contributed by atoms with Crippen molar-refractivity contribution in [3.8, 4) is 0 Å². The Morgan fingerprint density at radius 3 is 2.96 bits per heavy atom. The average molecular weight is 381 g/mol. The van der Waals surface area contributed by atoms with Crippen LogP contribution in [-0.2, 0) is 11.3 Å². The molecule has 1 aliphatic rings. The first-order valence-electron chi connectivity index (χ1n) is 7.82. The van der Waals surface area contributed by atoms with E-state index in [1.807, 2.05) is 48.6 Å². The van der Waals surface area contributed by atoms with Crippen molar-refractivity contribution in [3.05, 3.63) is 22.7 Å². The fourth-order valence-corrected chi connectivity index (χ4v) is 3.46. The van der Waals surface area contributed by atoms with E-state index in [1.165, 1.54) is 0 Å². The van der Waals surface area contributed by atoms with Crippen LogP contribution in [0, 0.1) is 0 Å². The summed E-state index contributed by atoms with van der Waals surface area (Å²) in [4.78, 5) is 14.2. The van der Waals surface area contributed by atoms with Gasteiger partial charge in [0.25, 0.3) is 0 Å². The maximum atomic E-state index is 12.4. The lowest BCUT2D eigenvalue weighted by molar-refractivity contribution is 0.0212. The second-order valence-electron chi connectivity index (χ2n) is 6.85. The molecular formula is C16H21BrN4O2. The number of aromatic nitrogens is 3. The van der Waals surface area contributed by atoms with Crippen molar-refractivity contribution in [1.82, 2.24) is 19.9 Å². The number of hydrogen-bond acceptors (Lipinski definition) is 4. The van der Waals surface area contributed by atoms with Gasteiger partial charge in [-0.1, -0.05) is 11.3 Å². The molecule has 0 saturated carbocycles. The van der Waals surface area contributed by atoms with Crippen LogP contribution in [0.1, 0.15) is 33.6 Å². The second kappa shape index (κ2) is 6.11. The van der Waals surface area contributed by atoms with E-state index in [9.17, 15) is 4.79 Å². The topological polar surface area (TPSA) is 60.2 Å². The van der Waals surface area contributed by atoms with Crippen molar-refractivity contribution in [2.75, 3.05) is 6.54 Å². The van der Waals surface area contributed by atoms with Gasteiger partial charge in [-0.05, 0) is 61.7 Å². The van der Waals surface area contributed by atoms with Crippen molar-refractivity contribution < 1.29 is 9.53 Å². The van der Waals surface area contributed by atoms with Crippen molar-refractivity contribution >= 4 is 33.1 Å². The molecule has 0 N–H and O–H groups in total. The van der Waals surface area contributed by atoms with Crippen LogP contribution in [0.2, 0.25) is 0 Å². The normalized spacial score (nSPS) is 18.6. The highest BCUT2D eigenvalue weighted by Gasteiger charge is 2.32. The van der Waals surface area contributed by atoms with E-state index >= 15 is 0 Å². The summed E-state index contributed by atoms with van der Waals surface area (Å²) in [7, 11) is 0. The molecule has 0 spiro atoms. The van der Waals surface area contributed by atoms with Gasteiger partial charge >= 0.3 is 6.09 Å². The zero-order chi connectivity index (χ0) is 16.6. The molecule has 0 radical (unpaired) electrons. The predicted molar refractivity (Wildman–Crippen MR) is 91.2 cm³/mol. The third kappa shape index (κ3) is 3.49. The third-order valence-corrected chi connectivity index (χ3v) is 4.51. The minimum absolute atomic E-state index is 0.0851. The number of likely N-dealkylation sites (tertiary alicyclic amines) is 1. The van der Waals surface area contributed by atoms with Crippen molar-refractivity contribution in [2.45, 2.75) is 51.8 Å². The quantitative estimate of drug-likeness (QED) is 0.798.